The van der Waals surface area contributed by atoms with Crippen molar-refractivity contribution in [2.24, 2.45) is 0 Å². The molecule has 1 aromatic carbocycles. The van der Waals surface area contributed by atoms with E-state index in [1.807, 2.05) is 0 Å². The third-order valence-electron chi connectivity index (χ3n) is 3.50. The number of fused-ring (bicyclic) bond motifs is 3. The zero-order valence-corrected chi connectivity index (χ0v) is 9.27. The molecule has 78 valence electrons. The van der Waals surface area contributed by atoms with Crippen LogP contribution in [0.25, 0.3) is 10.9 Å². The zero-order valence-electron chi connectivity index (χ0n) is 9.27. The minimum absolute atomic E-state index is 1.24. The minimum Gasteiger partial charge on any atom is -0.358 e. The summed E-state index contributed by atoms with van der Waals surface area (Å²) in [5.41, 5.74) is 5.76. The molecular formula is C14H17N. The van der Waals surface area contributed by atoms with E-state index in [0.717, 1.165) is 0 Å². The van der Waals surface area contributed by atoms with Crippen LogP contribution < -0.4 is 0 Å². The molecule has 3 rings (SSSR count). The van der Waals surface area contributed by atoms with Crippen LogP contribution in [0.15, 0.2) is 18.2 Å². The fraction of sp³-hybridized carbons (Fsp3) is 0.429. The Balaban J connectivity index is 2.23. The molecule has 0 aliphatic heterocycles. The van der Waals surface area contributed by atoms with Crippen LogP contribution in [-0.2, 0) is 12.8 Å². The second-order valence-electron chi connectivity index (χ2n) is 4.69. The van der Waals surface area contributed by atoms with Gasteiger partial charge in [0, 0.05) is 16.6 Å². The van der Waals surface area contributed by atoms with Crippen LogP contribution in [0.2, 0.25) is 0 Å². The average molecular weight is 199 g/mol. The van der Waals surface area contributed by atoms with Gasteiger partial charge in [-0.25, -0.2) is 0 Å². The molecule has 0 saturated carbocycles. The summed E-state index contributed by atoms with van der Waals surface area (Å²) in [5, 5.41) is 1.46. The van der Waals surface area contributed by atoms with E-state index >= 15 is 0 Å². The monoisotopic (exact) mass is 199 g/mol. The maximum atomic E-state index is 3.60. The number of H-pyrrole nitrogens is 1. The molecule has 0 fully saturated rings. The van der Waals surface area contributed by atoms with Crippen LogP contribution in [0, 0.1) is 6.92 Å². The molecule has 15 heavy (non-hydrogen) atoms. The Kier molecular flexibility index (Phi) is 2.05. The van der Waals surface area contributed by atoms with Crippen LogP contribution in [0.3, 0.4) is 0 Å². The van der Waals surface area contributed by atoms with Gasteiger partial charge in [0.2, 0.25) is 0 Å². The van der Waals surface area contributed by atoms with E-state index in [9.17, 15) is 0 Å². The molecule has 1 nitrogen and oxygen atoms in total. The molecule has 0 unspecified atom stereocenters. The van der Waals surface area contributed by atoms with Crippen molar-refractivity contribution in [3.05, 3.63) is 35.0 Å². The SMILES string of the molecule is Cc1ccc2c3c([nH]c2c1)CCCCC3. The normalized spacial score (nSPS) is 16.3. The van der Waals surface area contributed by atoms with Crippen molar-refractivity contribution < 1.29 is 0 Å². The Labute approximate surface area is 90.5 Å². The molecule has 0 amide bonds. The number of hydrogen-bond donors (Lipinski definition) is 1. The summed E-state index contributed by atoms with van der Waals surface area (Å²) in [6.07, 6.45) is 6.59. The fourth-order valence-corrected chi connectivity index (χ4v) is 2.70. The van der Waals surface area contributed by atoms with Gasteiger partial charge in [-0.15, -0.1) is 0 Å². The number of nitrogens with one attached hydrogen (secondary N) is 1. The lowest BCUT2D eigenvalue weighted by Gasteiger charge is -1.98. The summed E-state index contributed by atoms with van der Waals surface area (Å²) in [6, 6.07) is 6.77. The van der Waals surface area contributed by atoms with E-state index in [-0.39, 0.29) is 0 Å². The predicted molar refractivity (Wildman–Crippen MR) is 64.3 cm³/mol. The first-order valence-electron chi connectivity index (χ1n) is 5.95. The first-order valence-corrected chi connectivity index (χ1v) is 5.95. The number of aryl methyl sites for hydroxylation is 3. The van der Waals surface area contributed by atoms with Gasteiger partial charge in [-0.05, 0) is 49.8 Å². The third-order valence-corrected chi connectivity index (χ3v) is 3.50. The van der Waals surface area contributed by atoms with Crippen LogP contribution >= 0.6 is 0 Å². The summed E-state index contributed by atoms with van der Waals surface area (Å²) in [6.45, 7) is 2.16. The van der Waals surface area contributed by atoms with E-state index in [1.54, 1.807) is 5.56 Å². The summed E-state index contributed by atoms with van der Waals surface area (Å²) in [4.78, 5) is 3.60. The second-order valence-corrected chi connectivity index (χ2v) is 4.69. The maximum Gasteiger partial charge on any atom is 0.0461 e. The molecular weight excluding hydrogens is 182 g/mol. The van der Waals surface area contributed by atoms with Gasteiger partial charge in [-0.1, -0.05) is 18.6 Å². The molecule has 0 bridgehead atoms. The van der Waals surface area contributed by atoms with Gasteiger partial charge in [0.05, 0.1) is 0 Å². The Morgan fingerprint density at radius 1 is 1.07 bits per heavy atom. The van der Waals surface area contributed by atoms with E-state index in [2.05, 4.69) is 30.1 Å². The van der Waals surface area contributed by atoms with Crippen LogP contribution in [0.4, 0.5) is 0 Å². The Morgan fingerprint density at radius 2 is 1.93 bits per heavy atom. The van der Waals surface area contributed by atoms with Crippen molar-refractivity contribution in [3.8, 4) is 0 Å². The van der Waals surface area contributed by atoms with Crippen molar-refractivity contribution in [1.82, 2.24) is 4.98 Å². The average Bonchev–Trinajstić information content (AvgIpc) is 2.42. The highest BCUT2D eigenvalue weighted by Crippen LogP contribution is 2.28. The van der Waals surface area contributed by atoms with Crippen molar-refractivity contribution in [2.45, 2.75) is 39.0 Å². The number of aromatic amines is 1. The van der Waals surface area contributed by atoms with Crippen molar-refractivity contribution in [2.75, 3.05) is 0 Å². The van der Waals surface area contributed by atoms with Gasteiger partial charge in [0.15, 0.2) is 0 Å². The molecule has 2 aromatic rings. The molecule has 1 N–H and O–H groups in total. The summed E-state index contributed by atoms with van der Waals surface area (Å²) < 4.78 is 0. The van der Waals surface area contributed by atoms with Crippen LogP contribution in [-0.4, -0.2) is 4.98 Å². The minimum atomic E-state index is 1.24. The van der Waals surface area contributed by atoms with E-state index < -0.39 is 0 Å². The van der Waals surface area contributed by atoms with Crippen LogP contribution in [0.1, 0.15) is 36.1 Å². The van der Waals surface area contributed by atoms with Gasteiger partial charge in [-0.3, -0.25) is 0 Å². The molecule has 1 heterocycles. The Morgan fingerprint density at radius 3 is 2.87 bits per heavy atom. The van der Waals surface area contributed by atoms with Crippen molar-refractivity contribution >= 4 is 10.9 Å². The summed E-state index contributed by atoms with van der Waals surface area (Å²) in [7, 11) is 0. The lowest BCUT2D eigenvalue weighted by molar-refractivity contribution is 0.708. The molecule has 0 radical (unpaired) electrons. The zero-order chi connectivity index (χ0) is 10.3. The Bertz CT molecular complexity index is 493. The summed E-state index contributed by atoms with van der Waals surface area (Å²) in [5.74, 6) is 0. The van der Waals surface area contributed by atoms with Gasteiger partial charge in [0.1, 0.15) is 0 Å². The van der Waals surface area contributed by atoms with Gasteiger partial charge >= 0.3 is 0 Å². The molecule has 1 aromatic heterocycles. The number of benzene rings is 1. The van der Waals surface area contributed by atoms with E-state index in [0.29, 0.717) is 0 Å². The lowest BCUT2D eigenvalue weighted by Crippen LogP contribution is -1.86. The smallest absolute Gasteiger partial charge is 0.0461 e. The second kappa shape index (κ2) is 3.41. The standard InChI is InChI=1S/C14H17N/c1-10-7-8-12-11-5-3-2-4-6-13(11)15-14(12)9-10/h7-9,15H,2-6H2,1H3. The van der Waals surface area contributed by atoms with Gasteiger partial charge in [-0.2, -0.15) is 0 Å². The largest absolute Gasteiger partial charge is 0.358 e. The number of aromatic nitrogens is 1. The topological polar surface area (TPSA) is 15.8 Å². The highest BCUT2D eigenvalue weighted by molar-refractivity contribution is 5.85. The molecule has 0 atom stereocenters. The molecule has 1 aliphatic rings. The van der Waals surface area contributed by atoms with Crippen LogP contribution in [0.5, 0.6) is 0 Å². The first-order chi connectivity index (χ1) is 7.34. The lowest BCUT2D eigenvalue weighted by atomic mass is 10.1. The Hall–Kier alpha value is -1.24. The molecule has 0 spiro atoms. The highest BCUT2D eigenvalue weighted by atomic mass is 14.7. The van der Waals surface area contributed by atoms with E-state index in [4.69, 9.17) is 0 Å². The van der Waals surface area contributed by atoms with Gasteiger partial charge in [0.25, 0.3) is 0 Å². The summed E-state index contributed by atoms with van der Waals surface area (Å²) >= 11 is 0. The fourth-order valence-electron chi connectivity index (χ4n) is 2.70. The quantitative estimate of drug-likeness (QED) is 0.622. The third kappa shape index (κ3) is 1.46. The van der Waals surface area contributed by atoms with Gasteiger partial charge < -0.3 is 4.98 Å². The number of rotatable bonds is 0. The number of hydrogen-bond acceptors (Lipinski definition) is 0. The first kappa shape index (κ1) is 9.02. The van der Waals surface area contributed by atoms with Crippen molar-refractivity contribution in [3.63, 3.8) is 0 Å². The maximum absolute atomic E-state index is 3.60. The highest BCUT2D eigenvalue weighted by Gasteiger charge is 2.13. The molecule has 1 aliphatic carbocycles. The van der Waals surface area contributed by atoms with Crippen molar-refractivity contribution in [1.29, 1.82) is 0 Å². The van der Waals surface area contributed by atoms with E-state index in [1.165, 1.54) is 54.3 Å². The predicted octanol–water partition coefficient (Wildman–Crippen LogP) is 3.75. The molecule has 0 saturated heterocycles. The molecule has 1 heteroatoms.